The maximum absolute atomic E-state index is 13.0. The van der Waals surface area contributed by atoms with E-state index in [-0.39, 0.29) is 10.8 Å². The van der Waals surface area contributed by atoms with Crippen LogP contribution in [-0.4, -0.2) is 25.7 Å². The van der Waals surface area contributed by atoms with Crippen LogP contribution in [0, 0.1) is 0 Å². The standard InChI is InChI=1S/C15H11F3N6S/c16-15(17,18)10-6-2-4-8-12(10)20-14(25)19-11-7-3-1-5-9(11)13-21-23-24-22-13/h1-8H,(H2,19,20,25)(H,21,22,23,24). The van der Waals surface area contributed by atoms with Gasteiger partial charge in [-0.3, -0.25) is 0 Å². The van der Waals surface area contributed by atoms with Crippen LogP contribution in [0.3, 0.4) is 0 Å². The first-order valence-corrected chi connectivity index (χ1v) is 7.43. The van der Waals surface area contributed by atoms with Crippen LogP contribution in [0.2, 0.25) is 0 Å². The van der Waals surface area contributed by atoms with Crippen LogP contribution < -0.4 is 10.6 Å². The van der Waals surface area contributed by atoms with Gasteiger partial charge in [0.05, 0.1) is 16.9 Å². The monoisotopic (exact) mass is 364 g/mol. The summed E-state index contributed by atoms with van der Waals surface area (Å²) in [5, 5.41) is 19.0. The zero-order chi connectivity index (χ0) is 17.9. The van der Waals surface area contributed by atoms with E-state index in [1.165, 1.54) is 18.2 Å². The normalized spacial score (nSPS) is 11.2. The second-order valence-electron chi connectivity index (χ2n) is 4.90. The molecular formula is C15H11F3N6S. The van der Waals surface area contributed by atoms with Crippen molar-refractivity contribution in [2.24, 2.45) is 0 Å². The number of nitrogens with zero attached hydrogens (tertiary/aromatic N) is 3. The maximum atomic E-state index is 13.0. The zero-order valence-corrected chi connectivity index (χ0v) is 13.3. The Balaban J connectivity index is 1.82. The number of halogens is 3. The van der Waals surface area contributed by atoms with Gasteiger partial charge in [-0.05, 0) is 41.7 Å². The Morgan fingerprint density at radius 2 is 1.60 bits per heavy atom. The van der Waals surface area contributed by atoms with E-state index in [1.54, 1.807) is 24.3 Å². The van der Waals surface area contributed by atoms with Gasteiger partial charge in [-0.1, -0.05) is 24.3 Å². The molecule has 0 aliphatic carbocycles. The van der Waals surface area contributed by atoms with Gasteiger partial charge in [0.1, 0.15) is 0 Å². The Kier molecular flexibility index (Phi) is 4.61. The SMILES string of the molecule is FC(F)(F)c1ccccc1NC(=S)Nc1ccccc1-c1nn[nH]n1. The number of hydrogen-bond acceptors (Lipinski definition) is 4. The summed E-state index contributed by atoms with van der Waals surface area (Å²) in [6.07, 6.45) is -4.48. The predicted octanol–water partition coefficient (Wildman–Crippen LogP) is 3.69. The predicted molar refractivity (Wildman–Crippen MR) is 90.9 cm³/mol. The third-order valence-corrected chi connectivity index (χ3v) is 3.45. The lowest BCUT2D eigenvalue weighted by Crippen LogP contribution is -2.22. The number of para-hydroxylation sites is 2. The van der Waals surface area contributed by atoms with E-state index in [2.05, 4.69) is 31.3 Å². The molecule has 0 fully saturated rings. The largest absolute Gasteiger partial charge is 0.418 e. The first-order chi connectivity index (χ1) is 11.9. The number of rotatable bonds is 3. The van der Waals surface area contributed by atoms with Gasteiger partial charge < -0.3 is 10.6 Å². The second-order valence-corrected chi connectivity index (χ2v) is 5.31. The van der Waals surface area contributed by atoms with Crippen molar-refractivity contribution >= 4 is 28.7 Å². The van der Waals surface area contributed by atoms with E-state index in [1.807, 2.05) is 0 Å². The molecule has 3 N–H and O–H groups in total. The molecule has 128 valence electrons. The average Bonchev–Trinajstić information content (AvgIpc) is 3.09. The lowest BCUT2D eigenvalue weighted by Gasteiger charge is -2.16. The lowest BCUT2D eigenvalue weighted by atomic mass is 10.1. The van der Waals surface area contributed by atoms with Gasteiger partial charge in [0.2, 0.25) is 5.82 Å². The molecule has 0 atom stereocenters. The number of hydrogen-bond donors (Lipinski definition) is 3. The van der Waals surface area contributed by atoms with E-state index >= 15 is 0 Å². The number of alkyl halides is 3. The maximum Gasteiger partial charge on any atom is 0.418 e. The summed E-state index contributed by atoms with van der Waals surface area (Å²) >= 11 is 5.14. The molecule has 0 bridgehead atoms. The first-order valence-electron chi connectivity index (χ1n) is 7.02. The Bertz CT molecular complexity index is 879. The van der Waals surface area contributed by atoms with Gasteiger partial charge in [-0.25, -0.2) is 0 Å². The Hall–Kier alpha value is -3.01. The quantitative estimate of drug-likeness (QED) is 0.615. The fourth-order valence-electron chi connectivity index (χ4n) is 2.18. The fourth-order valence-corrected chi connectivity index (χ4v) is 2.40. The van der Waals surface area contributed by atoms with Gasteiger partial charge in [0, 0.05) is 5.56 Å². The Morgan fingerprint density at radius 1 is 0.960 bits per heavy atom. The molecule has 0 saturated carbocycles. The van der Waals surface area contributed by atoms with Crippen LogP contribution in [0.1, 0.15) is 5.56 Å². The smallest absolute Gasteiger partial charge is 0.332 e. The molecule has 3 aromatic rings. The van der Waals surface area contributed by atoms with Crippen molar-refractivity contribution in [3.8, 4) is 11.4 Å². The molecule has 10 heteroatoms. The number of benzene rings is 2. The van der Waals surface area contributed by atoms with E-state index in [0.717, 1.165) is 6.07 Å². The fraction of sp³-hybridized carbons (Fsp3) is 0.0667. The minimum Gasteiger partial charge on any atom is -0.332 e. The molecule has 0 unspecified atom stereocenters. The summed E-state index contributed by atoms with van der Waals surface area (Å²) < 4.78 is 39.1. The Morgan fingerprint density at radius 3 is 2.28 bits per heavy atom. The summed E-state index contributed by atoms with van der Waals surface area (Å²) in [6.45, 7) is 0. The van der Waals surface area contributed by atoms with Crippen LogP contribution in [-0.2, 0) is 6.18 Å². The molecule has 0 radical (unpaired) electrons. The van der Waals surface area contributed by atoms with Crippen molar-refractivity contribution in [1.82, 2.24) is 20.6 Å². The van der Waals surface area contributed by atoms with Gasteiger partial charge in [0.15, 0.2) is 5.11 Å². The number of nitrogens with one attached hydrogen (secondary N) is 3. The van der Waals surface area contributed by atoms with Crippen LogP contribution in [0.15, 0.2) is 48.5 Å². The zero-order valence-electron chi connectivity index (χ0n) is 12.5. The van der Waals surface area contributed by atoms with Crippen LogP contribution in [0.5, 0.6) is 0 Å². The third kappa shape index (κ3) is 3.91. The number of anilines is 2. The van der Waals surface area contributed by atoms with Crippen LogP contribution in [0.4, 0.5) is 24.5 Å². The molecular weight excluding hydrogens is 353 g/mol. The number of thiocarbonyl (C=S) groups is 1. The highest BCUT2D eigenvalue weighted by Crippen LogP contribution is 2.34. The summed E-state index contributed by atoms with van der Waals surface area (Å²) in [7, 11) is 0. The highest BCUT2D eigenvalue weighted by atomic mass is 32.1. The van der Waals surface area contributed by atoms with Crippen molar-refractivity contribution in [1.29, 1.82) is 0 Å². The van der Waals surface area contributed by atoms with E-state index < -0.39 is 11.7 Å². The molecule has 3 rings (SSSR count). The summed E-state index contributed by atoms with van der Waals surface area (Å²) in [6, 6.07) is 12.1. The van der Waals surface area contributed by atoms with E-state index in [0.29, 0.717) is 17.1 Å². The number of tetrazole rings is 1. The molecule has 25 heavy (non-hydrogen) atoms. The minimum atomic E-state index is -4.48. The Labute approximate surface area is 145 Å². The van der Waals surface area contributed by atoms with Gasteiger partial charge in [-0.15, -0.1) is 10.2 Å². The van der Waals surface area contributed by atoms with Gasteiger partial charge in [-0.2, -0.15) is 18.4 Å². The summed E-state index contributed by atoms with van der Waals surface area (Å²) in [4.78, 5) is 0. The topological polar surface area (TPSA) is 78.5 Å². The molecule has 0 saturated heterocycles. The van der Waals surface area contributed by atoms with Crippen molar-refractivity contribution in [2.45, 2.75) is 6.18 Å². The molecule has 1 aromatic heterocycles. The summed E-state index contributed by atoms with van der Waals surface area (Å²) in [5.74, 6) is 0.335. The van der Waals surface area contributed by atoms with E-state index in [4.69, 9.17) is 12.2 Å². The van der Waals surface area contributed by atoms with E-state index in [9.17, 15) is 13.2 Å². The van der Waals surface area contributed by atoms with Crippen molar-refractivity contribution < 1.29 is 13.2 Å². The van der Waals surface area contributed by atoms with Crippen molar-refractivity contribution in [3.05, 3.63) is 54.1 Å². The molecule has 2 aromatic carbocycles. The molecule has 0 aliphatic rings. The summed E-state index contributed by atoms with van der Waals surface area (Å²) in [5.41, 5.74) is 0.200. The highest BCUT2D eigenvalue weighted by Gasteiger charge is 2.33. The minimum absolute atomic E-state index is 0.00708. The lowest BCUT2D eigenvalue weighted by molar-refractivity contribution is -0.136. The molecule has 0 amide bonds. The van der Waals surface area contributed by atoms with Crippen LogP contribution >= 0.6 is 12.2 Å². The van der Waals surface area contributed by atoms with Gasteiger partial charge >= 0.3 is 6.18 Å². The number of H-pyrrole nitrogens is 1. The molecule has 0 spiro atoms. The molecule has 0 aliphatic heterocycles. The second kappa shape index (κ2) is 6.85. The average molecular weight is 364 g/mol. The highest BCUT2D eigenvalue weighted by molar-refractivity contribution is 7.80. The molecule has 6 nitrogen and oxygen atoms in total. The van der Waals surface area contributed by atoms with Gasteiger partial charge in [0.25, 0.3) is 0 Å². The third-order valence-electron chi connectivity index (χ3n) is 3.24. The van der Waals surface area contributed by atoms with Crippen LogP contribution in [0.25, 0.3) is 11.4 Å². The van der Waals surface area contributed by atoms with Crippen molar-refractivity contribution in [2.75, 3.05) is 10.6 Å². The van der Waals surface area contributed by atoms with Crippen molar-refractivity contribution in [3.63, 3.8) is 0 Å². The number of aromatic amines is 1. The molecule has 1 heterocycles. The number of aromatic nitrogens is 4. The first kappa shape index (κ1) is 16.8.